The number of likely N-dealkylation sites (tertiary alicyclic amines) is 1. The summed E-state index contributed by atoms with van der Waals surface area (Å²) in [6.07, 6.45) is 10.7. The molecule has 1 radical (unpaired) electrons. The summed E-state index contributed by atoms with van der Waals surface area (Å²) >= 11 is 0. The standard InChI is InChI=1S/C17H24N/c1-3-9-15(10-4-1)16-11-5-6-12-17(16)18-13-7-2-8-14-18/h1-4,9-10,16-17H,5-8,11-14H2. The minimum Gasteiger partial charge on any atom is -0.300 e. The van der Waals surface area contributed by atoms with Crippen molar-refractivity contribution in [1.29, 1.82) is 0 Å². The van der Waals surface area contributed by atoms with E-state index in [-0.39, 0.29) is 0 Å². The minimum absolute atomic E-state index is 0.776. The molecule has 2 atom stereocenters. The molecule has 1 heteroatoms. The van der Waals surface area contributed by atoms with Gasteiger partial charge in [0.2, 0.25) is 0 Å². The van der Waals surface area contributed by atoms with Crippen molar-refractivity contribution in [3.05, 3.63) is 42.3 Å². The van der Waals surface area contributed by atoms with Gasteiger partial charge in [-0.15, -0.1) is 0 Å². The van der Waals surface area contributed by atoms with E-state index in [1.807, 2.05) is 0 Å². The largest absolute Gasteiger partial charge is 0.300 e. The fraction of sp³-hybridized carbons (Fsp3) is 0.588. The molecule has 2 fully saturated rings. The third-order valence-corrected chi connectivity index (χ3v) is 4.67. The third kappa shape index (κ3) is 2.61. The van der Waals surface area contributed by atoms with Crippen LogP contribution in [0.5, 0.6) is 0 Å². The molecule has 2 unspecified atom stereocenters. The monoisotopic (exact) mass is 242 g/mol. The van der Waals surface area contributed by atoms with Crippen molar-refractivity contribution in [2.75, 3.05) is 13.1 Å². The predicted octanol–water partition coefficient (Wildman–Crippen LogP) is 4.01. The van der Waals surface area contributed by atoms with Crippen molar-refractivity contribution in [3.63, 3.8) is 0 Å². The van der Waals surface area contributed by atoms with E-state index in [1.54, 1.807) is 5.56 Å². The molecule has 2 aliphatic rings. The van der Waals surface area contributed by atoms with Crippen molar-refractivity contribution in [3.8, 4) is 0 Å². The first-order valence-corrected chi connectivity index (χ1v) is 7.56. The van der Waals surface area contributed by atoms with E-state index in [9.17, 15) is 0 Å². The lowest BCUT2D eigenvalue weighted by Gasteiger charge is -2.42. The van der Waals surface area contributed by atoms with Crippen molar-refractivity contribution in [2.45, 2.75) is 50.5 Å². The quantitative estimate of drug-likeness (QED) is 0.757. The Morgan fingerprint density at radius 3 is 2.39 bits per heavy atom. The van der Waals surface area contributed by atoms with Crippen LogP contribution in [0.4, 0.5) is 0 Å². The fourth-order valence-electron chi connectivity index (χ4n) is 3.74. The highest BCUT2D eigenvalue weighted by Crippen LogP contribution is 2.36. The lowest BCUT2D eigenvalue weighted by atomic mass is 9.78. The highest BCUT2D eigenvalue weighted by Gasteiger charge is 2.31. The summed E-state index contributed by atoms with van der Waals surface area (Å²) in [6.45, 7) is 2.57. The molecule has 1 aliphatic carbocycles. The van der Waals surface area contributed by atoms with Crippen LogP contribution >= 0.6 is 0 Å². The van der Waals surface area contributed by atoms with Gasteiger partial charge in [-0.1, -0.05) is 43.2 Å². The average molecular weight is 242 g/mol. The second-order valence-corrected chi connectivity index (χ2v) is 5.77. The van der Waals surface area contributed by atoms with Crippen LogP contribution in [0.1, 0.15) is 50.0 Å². The van der Waals surface area contributed by atoms with Crippen LogP contribution in [0.15, 0.2) is 30.3 Å². The normalized spacial score (nSPS) is 30.2. The summed E-state index contributed by atoms with van der Waals surface area (Å²) in [5.74, 6) is 0.776. The zero-order chi connectivity index (χ0) is 12.2. The van der Waals surface area contributed by atoms with Gasteiger partial charge in [0.25, 0.3) is 0 Å². The molecule has 1 nitrogen and oxygen atoms in total. The Labute approximate surface area is 111 Å². The summed E-state index contributed by atoms with van der Waals surface area (Å²) < 4.78 is 0. The Morgan fingerprint density at radius 2 is 1.61 bits per heavy atom. The Bertz CT molecular complexity index is 353. The summed E-state index contributed by atoms with van der Waals surface area (Å²) in [6, 6.07) is 12.0. The molecule has 0 aromatic heterocycles. The fourth-order valence-corrected chi connectivity index (χ4v) is 3.74. The molecular formula is C17H24N. The zero-order valence-electron chi connectivity index (χ0n) is 11.2. The van der Waals surface area contributed by atoms with Crippen LogP contribution in [0.2, 0.25) is 0 Å². The minimum atomic E-state index is 0.776. The number of rotatable bonds is 2. The van der Waals surface area contributed by atoms with Gasteiger partial charge in [0.05, 0.1) is 0 Å². The zero-order valence-corrected chi connectivity index (χ0v) is 11.2. The van der Waals surface area contributed by atoms with E-state index in [1.165, 1.54) is 51.6 Å². The van der Waals surface area contributed by atoms with Gasteiger partial charge in [0, 0.05) is 6.04 Å². The summed E-state index contributed by atoms with van der Waals surface area (Å²) in [7, 11) is 0. The first kappa shape index (κ1) is 12.2. The first-order chi connectivity index (χ1) is 8.95. The van der Waals surface area contributed by atoms with Gasteiger partial charge in [0.1, 0.15) is 0 Å². The van der Waals surface area contributed by atoms with Gasteiger partial charge in [-0.25, -0.2) is 0 Å². The summed E-state index contributed by atoms with van der Waals surface area (Å²) in [4.78, 5) is 2.76. The lowest BCUT2D eigenvalue weighted by molar-refractivity contribution is 0.125. The lowest BCUT2D eigenvalue weighted by Crippen LogP contribution is -2.44. The number of piperidine rings is 1. The van der Waals surface area contributed by atoms with Gasteiger partial charge in [-0.05, 0) is 56.7 Å². The molecule has 1 aliphatic heterocycles. The Morgan fingerprint density at radius 1 is 0.889 bits per heavy atom. The van der Waals surface area contributed by atoms with E-state index in [2.05, 4.69) is 41.7 Å². The molecular weight excluding hydrogens is 218 g/mol. The molecule has 1 saturated heterocycles. The van der Waals surface area contributed by atoms with Crippen molar-refractivity contribution < 1.29 is 0 Å². The van der Waals surface area contributed by atoms with E-state index in [4.69, 9.17) is 0 Å². The second-order valence-electron chi connectivity index (χ2n) is 5.77. The summed E-state index contributed by atoms with van der Waals surface area (Å²) in [5, 5.41) is 0. The molecule has 18 heavy (non-hydrogen) atoms. The molecule has 0 bridgehead atoms. The van der Waals surface area contributed by atoms with E-state index < -0.39 is 0 Å². The number of hydrogen-bond acceptors (Lipinski definition) is 1. The van der Waals surface area contributed by atoms with Crippen LogP contribution in [0, 0.1) is 6.42 Å². The predicted molar refractivity (Wildman–Crippen MR) is 76.5 cm³/mol. The maximum Gasteiger partial charge on any atom is 0.0164 e. The number of nitrogens with zero attached hydrogens (tertiary/aromatic N) is 1. The topological polar surface area (TPSA) is 3.24 Å². The molecule has 0 spiro atoms. The molecule has 0 amide bonds. The van der Waals surface area contributed by atoms with Crippen LogP contribution in [0.3, 0.4) is 0 Å². The van der Waals surface area contributed by atoms with Crippen molar-refractivity contribution in [2.24, 2.45) is 0 Å². The highest BCUT2D eigenvalue weighted by molar-refractivity contribution is 5.22. The van der Waals surface area contributed by atoms with E-state index in [0.717, 1.165) is 12.0 Å². The van der Waals surface area contributed by atoms with Crippen LogP contribution < -0.4 is 0 Å². The molecule has 97 valence electrons. The molecule has 1 aromatic rings. The van der Waals surface area contributed by atoms with Crippen molar-refractivity contribution >= 4 is 0 Å². The number of benzene rings is 1. The average Bonchev–Trinajstić information content (AvgIpc) is 2.49. The SMILES string of the molecule is [CH]1CCN(C2CCCCC2c2ccccc2)CC1. The van der Waals surface area contributed by atoms with Crippen LogP contribution in [-0.4, -0.2) is 24.0 Å². The second kappa shape index (κ2) is 5.88. The molecule has 3 rings (SSSR count). The van der Waals surface area contributed by atoms with E-state index in [0.29, 0.717) is 0 Å². The van der Waals surface area contributed by atoms with Crippen LogP contribution in [0.25, 0.3) is 0 Å². The summed E-state index contributed by atoms with van der Waals surface area (Å²) in [5.41, 5.74) is 1.57. The highest BCUT2D eigenvalue weighted by atomic mass is 15.2. The molecule has 1 heterocycles. The molecule has 1 saturated carbocycles. The third-order valence-electron chi connectivity index (χ3n) is 4.67. The van der Waals surface area contributed by atoms with Gasteiger partial charge in [-0.3, -0.25) is 4.90 Å². The Kier molecular flexibility index (Phi) is 3.99. The Balaban J connectivity index is 1.77. The van der Waals surface area contributed by atoms with Gasteiger partial charge in [-0.2, -0.15) is 0 Å². The van der Waals surface area contributed by atoms with Gasteiger partial charge in [0.15, 0.2) is 0 Å². The maximum absolute atomic E-state index is 2.76. The Hall–Kier alpha value is -0.820. The van der Waals surface area contributed by atoms with Crippen LogP contribution in [-0.2, 0) is 0 Å². The molecule has 1 aromatic carbocycles. The maximum atomic E-state index is 2.76. The molecule has 0 N–H and O–H groups in total. The van der Waals surface area contributed by atoms with Gasteiger partial charge >= 0.3 is 0 Å². The number of hydrogen-bond donors (Lipinski definition) is 0. The van der Waals surface area contributed by atoms with E-state index >= 15 is 0 Å². The smallest absolute Gasteiger partial charge is 0.0164 e. The van der Waals surface area contributed by atoms with Gasteiger partial charge < -0.3 is 0 Å². The van der Waals surface area contributed by atoms with Crippen molar-refractivity contribution in [1.82, 2.24) is 4.90 Å². The first-order valence-electron chi connectivity index (χ1n) is 7.56.